The quantitative estimate of drug-likeness (QED) is 0.712. The van der Waals surface area contributed by atoms with Crippen LogP contribution in [0, 0.1) is 0 Å². The Morgan fingerprint density at radius 1 is 1.25 bits per heavy atom. The van der Waals surface area contributed by atoms with Gasteiger partial charge in [-0.1, -0.05) is 0 Å². The van der Waals surface area contributed by atoms with E-state index in [4.69, 9.17) is 0 Å². The van der Waals surface area contributed by atoms with Crippen molar-refractivity contribution in [2.45, 2.75) is 24.7 Å². The Hall–Kier alpha value is -1.08. The number of hydrogen-bond acceptors (Lipinski definition) is 1. The molecule has 2 heteroatoms. The standard InChI is InChI=1S/C18H23NSe/c1-15(19(2)3)17-11-12-18(14-17)20-13-7-10-16-8-5-4-6-9-16/h4-10,12,14-15H,11,13H2,1-3H3/b10-7+. The molecule has 0 N–H and O–H groups in total. The van der Waals surface area contributed by atoms with Gasteiger partial charge in [-0.2, -0.15) is 0 Å². The van der Waals surface area contributed by atoms with Gasteiger partial charge < -0.3 is 0 Å². The van der Waals surface area contributed by atoms with E-state index in [1.54, 1.807) is 10.0 Å². The van der Waals surface area contributed by atoms with Crippen molar-refractivity contribution in [1.29, 1.82) is 0 Å². The number of hydrogen-bond donors (Lipinski definition) is 0. The molecule has 1 unspecified atom stereocenters. The summed E-state index contributed by atoms with van der Waals surface area (Å²) in [6.07, 6.45) is 10.5. The summed E-state index contributed by atoms with van der Waals surface area (Å²) < 4.78 is 1.55. The summed E-state index contributed by atoms with van der Waals surface area (Å²) in [5.41, 5.74) is 2.85. The summed E-state index contributed by atoms with van der Waals surface area (Å²) in [5, 5.41) is 1.17. The van der Waals surface area contributed by atoms with Crippen molar-refractivity contribution >= 4 is 21.0 Å². The molecule has 1 aliphatic carbocycles. The molecule has 0 heterocycles. The van der Waals surface area contributed by atoms with Gasteiger partial charge in [-0.3, -0.25) is 0 Å². The van der Waals surface area contributed by atoms with Crippen LogP contribution in [0.4, 0.5) is 0 Å². The van der Waals surface area contributed by atoms with Gasteiger partial charge in [0.15, 0.2) is 0 Å². The van der Waals surface area contributed by atoms with Crippen LogP contribution in [0.2, 0.25) is 5.32 Å². The fraction of sp³-hybridized carbons (Fsp3) is 0.333. The third-order valence-electron chi connectivity index (χ3n) is 3.63. The van der Waals surface area contributed by atoms with E-state index in [2.05, 4.69) is 80.6 Å². The number of allylic oxidation sites excluding steroid dienone is 4. The molecule has 1 aromatic rings. The van der Waals surface area contributed by atoms with E-state index in [0.717, 1.165) is 6.42 Å². The van der Waals surface area contributed by atoms with Gasteiger partial charge in [0.05, 0.1) is 0 Å². The zero-order chi connectivity index (χ0) is 14.4. The Morgan fingerprint density at radius 2 is 2.00 bits per heavy atom. The van der Waals surface area contributed by atoms with E-state index < -0.39 is 0 Å². The predicted octanol–water partition coefficient (Wildman–Crippen LogP) is 3.99. The molecule has 0 fully saturated rings. The summed E-state index contributed by atoms with van der Waals surface area (Å²) >= 11 is 0.569. The molecule has 0 aliphatic heterocycles. The normalized spacial score (nSPS) is 16.6. The zero-order valence-electron chi connectivity index (χ0n) is 12.5. The predicted molar refractivity (Wildman–Crippen MR) is 90.0 cm³/mol. The number of rotatable bonds is 6. The molecule has 1 aromatic carbocycles. The molecule has 2 rings (SSSR count). The fourth-order valence-electron chi connectivity index (χ4n) is 2.14. The second-order valence-corrected chi connectivity index (χ2v) is 7.59. The van der Waals surface area contributed by atoms with Gasteiger partial charge in [0, 0.05) is 0 Å². The zero-order valence-corrected chi connectivity index (χ0v) is 14.3. The molecule has 0 aromatic heterocycles. The molecule has 0 amide bonds. The molecule has 0 bridgehead atoms. The van der Waals surface area contributed by atoms with Crippen molar-refractivity contribution in [3.05, 3.63) is 64.2 Å². The van der Waals surface area contributed by atoms with Crippen LogP contribution in [-0.2, 0) is 0 Å². The molecule has 0 saturated carbocycles. The molecular weight excluding hydrogens is 309 g/mol. The maximum absolute atomic E-state index is 2.42. The number of nitrogens with zero attached hydrogens (tertiary/aromatic N) is 1. The Balaban J connectivity index is 1.80. The van der Waals surface area contributed by atoms with Crippen molar-refractivity contribution in [1.82, 2.24) is 4.90 Å². The molecule has 20 heavy (non-hydrogen) atoms. The third kappa shape index (κ3) is 4.49. The second kappa shape index (κ2) is 7.64. The van der Waals surface area contributed by atoms with E-state index in [0.29, 0.717) is 21.0 Å². The second-order valence-electron chi connectivity index (χ2n) is 5.29. The first-order valence-corrected chi connectivity index (χ1v) is 9.15. The van der Waals surface area contributed by atoms with E-state index in [-0.39, 0.29) is 0 Å². The SMILES string of the molecule is CC(C1=CC([Se]C/C=C/c2ccccc2)=CC1)N(C)C. The molecule has 0 radical (unpaired) electrons. The van der Waals surface area contributed by atoms with Crippen molar-refractivity contribution in [2.75, 3.05) is 14.1 Å². The summed E-state index contributed by atoms with van der Waals surface area (Å²) in [6.45, 7) is 2.28. The Kier molecular flexibility index (Phi) is 5.85. The average molecular weight is 332 g/mol. The van der Waals surface area contributed by atoms with Gasteiger partial charge in [0.1, 0.15) is 0 Å². The minimum atomic E-state index is 0.555. The van der Waals surface area contributed by atoms with Crippen LogP contribution >= 0.6 is 0 Å². The summed E-state index contributed by atoms with van der Waals surface area (Å²) in [7, 11) is 4.30. The van der Waals surface area contributed by atoms with Crippen LogP contribution in [0.25, 0.3) is 6.08 Å². The summed E-state index contributed by atoms with van der Waals surface area (Å²) in [4.78, 5) is 2.28. The number of benzene rings is 1. The average Bonchev–Trinajstić information content (AvgIpc) is 2.92. The summed E-state index contributed by atoms with van der Waals surface area (Å²) in [6, 6.07) is 11.1. The molecule has 1 aliphatic rings. The van der Waals surface area contributed by atoms with Gasteiger partial charge in [-0.05, 0) is 0 Å². The molecule has 0 spiro atoms. The van der Waals surface area contributed by atoms with Gasteiger partial charge in [0.2, 0.25) is 0 Å². The Labute approximate surface area is 129 Å². The van der Waals surface area contributed by atoms with Crippen molar-refractivity contribution < 1.29 is 0 Å². The summed E-state index contributed by atoms with van der Waals surface area (Å²) in [5.74, 6) is 0. The first-order chi connectivity index (χ1) is 9.66. The minimum absolute atomic E-state index is 0.555. The molecular formula is C18H23NSe. The van der Waals surface area contributed by atoms with Crippen molar-refractivity contribution in [3.63, 3.8) is 0 Å². The fourth-order valence-corrected chi connectivity index (χ4v) is 3.86. The van der Waals surface area contributed by atoms with E-state index in [1.807, 2.05) is 0 Å². The van der Waals surface area contributed by atoms with Gasteiger partial charge in [0.25, 0.3) is 0 Å². The Morgan fingerprint density at radius 3 is 2.70 bits per heavy atom. The number of likely N-dealkylation sites (N-methyl/N-ethyl adjacent to an activating group) is 1. The van der Waals surface area contributed by atoms with Crippen LogP contribution in [0.1, 0.15) is 18.9 Å². The first-order valence-electron chi connectivity index (χ1n) is 7.08. The van der Waals surface area contributed by atoms with Crippen LogP contribution < -0.4 is 0 Å². The first kappa shape index (κ1) is 15.3. The third-order valence-corrected chi connectivity index (χ3v) is 5.68. The molecule has 1 atom stereocenters. The molecule has 0 saturated heterocycles. The van der Waals surface area contributed by atoms with Crippen molar-refractivity contribution in [3.8, 4) is 0 Å². The topological polar surface area (TPSA) is 3.24 Å². The monoisotopic (exact) mass is 333 g/mol. The van der Waals surface area contributed by atoms with Crippen LogP contribution in [0.5, 0.6) is 0 Å². The van der Waals surface area contributed by atoms with Crippen molar-refractivity contribution in [2.24, 2.45) is 0 Å². The van der Waals surface area contributed by atoms with Crippen LogP contribution in [0.15, 0.2) is 58.6 Å². The van der Waals surface area contributed by atoms with Gasteiger partial charge in [-0.25, -0.2) is 0 Å². The Bertz CT molecular complexity index is 511. The van der Waals surface area contributed by atoms with Gasteiger partial charge >= 0.3 is 129 Å². The van der Waals surface area contributed by atoms with E-state index in [9.17, 15) is 0 Å². The maximum atomic E-state index is 2.42. The van der Waals surface area contributed by atoms with Crippen LogP contribution in [-0.4, -0.2) is 40.0 Å². The van der Waals surface area contributed by atoms with E-state index in [1.165, 1.54) is 10.9 Å². The van der Waals surface area contributed by atoms with E-state index >= 15 is 0 Å². The van der Waals surface area contributed by atoms with Gasteiger partial charge in [-0.15, -0.1) is 0 Å². The molecule has 1 nitrogen and oxygen atoms in total. The molecule has 106 valence electrons. The van der Waals surface area contributed by atoms with Crippen LogP contribution in [0.3, 0.4) is 0 Å².